The van der Waals surface area contributed by atoms with Crippen molar-refractivity contribution in [3.63, 3.8) is 0 Å². The van der Waals surface area contributed by atoms with Gasteiger partial charge in [-0.15, -0.1) is 0 Å². The fourth-order valence-electron chi connectivity index (χ4n) is 3.77. The fraction of sp³-hybridized carbons (Fsp3) is 0.350. The van der Waals surface area contributed by atoms with E-state index in [4.69, 9.17) is 11.6 Å². The van der Waals surface area contributed by atoms with E-state index in [1.54, 1.807) is 6.07 Å². The highest BCUT2D eigenvalue weighted by Crippen LogP contribution is 2.49. The lowest BCUT2D eigenvalue weighted by Gasteiger charge is -2.37. The molecule has 0 aromatic heterocycles. The molecule has 1 saturated carbocycles. The maximum Gasteiger partial charge on any atom is 0.226 e. The van der Waals surface area contributed by atoms with Crippen LogP contribution < -0.4 is 5.32 Å². The molecule has 136 valence electrons. The van der Waals surface area contributed by atoms with Crippen LogP contribution in [0.15, 0.2) is 42.5 Å². The summed E-state index contributed by atoms with van der Waals surface area (Å²) in [6.07, 6.45) is 0.677. The normalized spacial score (nSPS) is 25.2. The van der Waals surface area contributed by atoms with Gasteiger partial charge in [0.25, 0.3) is 0 Å². The Morgan fingerprint density at radius 2 is 1.96 bits per heavy atom. The fourth-order valence-corrected chi connectivity index (χ4v) is 3.97. The van der Waals surface area contributed by atoms with Crippen molar-refractivity contribution in [2.24, 2.45) is 5.92 Å². The van der Waals surface area contributed by atoms with Gasteiger partial charge in [0.15, 0.2) is 11.6 Å². The molecule has 2 aromatic rings. The smallest absolute Gasteiger partial charge is 0.226 e. The van der Waals surface area contributed by atoms with Gasteiger partial charge in [-0.05, 0) is 47.7 Å². The number of nitrogens with one attached hydrogen (secondary N) is 1. The molecule has 0 spiro atoms. The molecule has 3 nitrogen and oxygen atoms in total. The van der Waals surface area contributed by atoms with Crippen LogP contribution in [-0.4, -0.2) is 30.4 Å². The van der Waals surface area contributed by atoms with Crippen molar-refractivity contribution in [3.8, 4) is 0 Å². The number of rotatable bonds is 3. The number of hydrogen-bond acceptors (Lipinski definition) is 2. The third-order valence-electron chi connectivity index (χ3n) is 5.24. The molecule has 1 aliphatic heterocycles. The molecule has 1 saturated heterocycles. The summed E-state index contributed by atoms with van der Waals surface area (Å²) in [5.41, 5.74) is 1.69. The second-order valence-corrected chi connectivity index (χ2v) is 7.37. The average molecular weight is 377 g/mol. The number of carbonyl (C=O) groups is 1. The van der Waals surface area contributed by atoms with Crippen LogP contribution in [0.2, 0.25) is 5.02 Å². The van der Waals surface area contributed by atoms with Gasteiger partial charge in [-0.25, -0.2) is 8.78 Å². The molecule has 3 atom stereocenters. The summed E-state index contributed by atoms with van der Waals surface area (Å²) < 4.78 is 26.6. The van der Waals surface area contributed by atoms with Crippen molar-refractivity contribution < 1.29 is 13.6 Å². The molecular weight excluding hydrogens is 358 g/mol. The van der Waals surface area contributed by atoms with Gasteiger partial charge < -0.3 is 10.2 Å². The first kappa shape index (κ1) is 17.4. The minimum atomic E-state index is -0.862. The molecule has 1 amide bonds. The number of carbonyl (C=O) groups excluding carboxylic acids is 1. The summed E-state index contributed by atoms with van der Waals surface area (Å²) >= 11 is 6.11. The van der Waals surface area contributed by atoms with Crippen molar-refractivity contribution in [1.82, 2.24) is 10.2 Å². The maximum absolute atomic E-state index is 13.5. The van der Waals surface area contributed by atoms with E-state index in [1.807, 2.05) is 29.2 Å². The zero-order valence-corrected chi connectivity index (χ0v) is 14.8. The SMILES string of the molecule is O=C(C1CC1c1ccc(F)c(F)c1)N1CCNCC1c1cccc(Cl)c1. The summed E-state index contributed by atoms with van der Waals surface area (Å²) in [7, 11) is 0. The van der Waals surface area contributed by atoms with E-state index < -0.39 is 11.6 Å². The van der Waals surface area contributed by atoms with Crippen LogP contribution in [-0.2, 0) is 4.79 Å². The minimum absolute atomic E-state index is 0.0347. The lowest BCUT2D eigenvalue weighted by molar-refractivity contribution is -0.136. The first-order chi connectivity index (χ1) is 12.5. The molecular formula is C20H19ClF2N2O. The van der Waals surface area contributed by atoms with Crippen molar-refractivity contribution >= 4 is 17.5 Å². The monoisotopic (exact) mass is 376 g/mol. The van der Waals surface area contributed by atoms with E-state index in [0.717, 1.165) is 18.2 Å². The lowest BCUT2D eigenvalue weighted by Crippen LogP contribution is -2.49. The molecule has 3 unspecified atom stereocenters. The van der Waals surface area contributed by atoms with Gasteiger partial charge in [-0.3, -0.25) is 4.79 Å². The van der Waals surface area contributed by atoms with E-state index in [0.29, 0.717) is 30.1 Å². The maximum atomic E-state index is 13.5. The molecule has 4 rings (SSSR count). The Bertz CT molecular complexity index is 844. The number of amides is 1. The van der Waals surface area contributed by atoms with Gasteiger partial charge in [-0.1, -0.05) is 29.8 Å². The Kier molecular flexibility index (Phi) is 4.67. The van der Waals surface area contributed by atoms with Crippen LogP contribution in [0.1, 0.15) is 29.5 Å². The number of benzene rings is 2. The molecule has 6 heteroatoms. The quantitative estimate of drug-likeness (QED) is 0.881. The van der Waals surface area contributed by atoms with E-state index >= 15 is 0 Å². The summed E-state index contributed by atoms with van der Waals surface area (Å²) in [5.74, 6) is -1.85. The minimum Gasteiger partial charge on any atom is -0.333 e. The topological polar surface area (TPSA) is 32.3 Å². The number of halogens is 3. The van der Waals surface area contributed by atoms with Crippen LogP contribution in [0.5, 0.6) is 0 Å². The number of nitrogens with zero attached hydrogens (tertiary/aromatic N) is 1. The first-order valence-corrected chi connectivity index (χ1v) is 9.14. The molecule has 1 aliphatic carbocycles. The molecule has 0 bridgehead atoms. The number of hydrogen-bond donors (Lipinski definition) is 1. The van der Waals surface area contributed by atoms with Crippen LogP contribution in [0.25, 0.3) is 0 Å². The largest absolute Gasteiger partial charge is 0.333 e. The average Bonchev–Trinajstić information content (AvgIpc) is 3.44. The van der Waals surface area contributed by atoms with E-state index in [1.165, 1.54) is 6.07 Å². The van der Waals surface area contributed by atoms with Crippen LogP contribution in [0, 0.1) is 17.6 Å². The molecule has 1 heterocycles. The molecule has 26 heavy (non-hydrogen) atoms. The predicted molar refractivity (Wildman–Crippen MR) is 96.0 cm³/mol. The highest BCUT2D eigenvalue weighted by Gasteiger charge is 2.47. The van der Waals surface area contributed by atoms with Gasteiger partial charge >= 0.3 is 0 Å². The third-order valence-corrected chi connectivity index (χ3v) is 5.47. The summed E-state index contributed by atoms with van der Waals surface area (Å²) in [6, 6.07) is 11.4. The molecule has 2 aromatic carbocycles. The highest BCUT2D eigenvalue weighted by molar-refractivity contribution is 6.30. The van der Waals surface area contributed by atoms with E-state index in [-0.39, 0.29) is 23.8 Å². The van der Waals surface area contributed by atoms with Crippen LogP contribution in [0.4, 0.5) is 8.78 Å². The van der Waals surface area contributed by atoms with E-state index in [2.05, 4.69) is 5.32 Å². The van der Waals surface area contributed by atoms with Gasteiger partial charge in [0.2, 0.25) is 5.91 Å². The Morgan fingerprint density at radius 1 is 1.12 bits per heavy atom. The van der Waals surface area contributed by atoms with Crippen molar-refractivity contribution in [2.75, 3.05) is 19.6 Å². The summed E-state index contributed by atoms with van der Waals surface area (Å²) in [5, 5.41) is 3.97. The summed E-state index contributed by atoms with van der Waals surface area (Å²) in [6.45, 7) is 2.04. The van der Waals surface area contributed by atoms with Crippen LogP contribution in [0.3, 0.4) is 0 Å². The third kappa shape index (κ3) is 3.33. The Labute approximate surface area is 156 Å². The van der Waals surface area contributed by atoms with Gasteiger partial charge in [0, 0.05) is 30.6 Å². The van der Waals surface area contributed by atoms with Gasteiger partial charge in [0.1, 0.15) is 0 Å². The first-order valence-electron chi connectivity index (χ1n) is 8.76. The molecule has 2 aliphatic rings. The lowest BCUT2D eigenvalue weighted by atomic mass is 10.0. The zero-order valence-electron chi connectivity index (χ0n) is 14.1. The second-order valence-electron chi connectivity index (χ2n) is 6.93. The zero-order chi connectivity index (χ0) is 18.3. The van der Waals surface area contributed by atoms with Gasteiger partial charge in [0.05, 0.1) is 6.04 Å². The molecule has 0 radical (unpaired) electrons. The van der Waals surface area contributed by atoms with Crippen molar-refractivity contribution in [1.29, 1.82) is 0 Å². The molecule has 2 fully saturated rings. The Hall–Kier alpha value is -1.98. The predicted octanol–water partition coefficient (Wildman–Crippen LogP) is 3.89. The second kappa shape index (κ2) is 6.97. The highest BCUT2D eigenvalue weighted by atomic mass is 35.5. The standard InChI is InChI=1S/C20H19ClF2N2O/c21-14-3-1-2-13(8-14)19-11-24-6-7-25(19)20(26)16-10-15(16)12-4-5-17(22)18(23)9-12/h1-5,8-9,15-16,19,24H,6-7,10-11H2. The Balaban J connectivity index is 1.52. The van der Waals surface area contributed by atoms with Crippen LogP contribution >= 0.6 is 11.6 Å². The molecule has 1 N–H and O–H groups in total. The van der Waals surface area contributed by atoms with E-state index in [9.17, 15) is 13.6 Å². The Morgan fingerprint density at radius 3 is 2.73 bits per heavy atom. The van der Waals surface area contributed by atoms with Crippen molar-refractivity contribution in [3.05, 3.63) is 70.2 Å². The van der Waals surface area contributed by atoms with Gasteiger partial charge in [-0.2, -0.15) is 0 Å². The number of piperazine rings is 1. The summed E-state index contributed by atoms with van der Waals surface area (Å²) in [4.78, 5) is 15.0. The van der Waals surface area contributed by atoms with Crippen molar-refractivity contribution in [2.45, 2.75) is 18.4 Å².